The Hall–Kier alpha value is -2.07. The van der Waals surface area contributed by atoms with Gasteiger partial charge in [0.15, 0.2) is 0 Å². The summed E-state index contributed by atoms with van der Waals surface area (Å²) in [5.41, 5.74) is 3.30. The fourth-order valence-electron chi connectivity index (χ4n) is 2.97. The number of benzene rings is 2. The van der Waals surface area contributed by atoms with Crippen LogP contribution in [0.4, 0.5) is 11.4 Å². The minimum absolute atomic E-state index is 0.00623. The van der Waals surface area contributed by atoms with Gasteiger partial charge in [-0.05, 0) is 30.2 Å². The molecule has 2 aliphatic heterocycles. The van der Waals surface area contributed by atoms with Crippen molar-refractivity contribution in [3.8, 4) is 0 Å². The van der Waals surface area contributed by atoms with Gasteiger partial charge in [-0.15, -0.1) is 0 Å². The predicted octanol–water partition coefficient (Wildman–Crippen LogP) is 3.81. The molecule has 22 heavy (non-hydrogen) atoms. The van der Waals surface area contributed by atoms with Gasteiger partial charge in [-0.1, -0.05) is 48.2 Å². The maximum Gasteiger partial charge on any atom is 0.240 e. The maximum atomic E-state index is 12.6. The molecule has 0 saturated carbocycles. The monoisotopic (exact) mass is 308 g/mol. The van der Waals surface area contributed by atoms with Crippen molar-refractivity contribution in [3.63, 3.8) is 0 Å². The average Bonchev–Trinajstić information content (AvgIpc) is 3.12. The molecule has 1 saturated heterocycles. The van der Waals surface area contributed by atoms with E-state index in [2.05, 4.69) is 11.1 Å². The van der Waals surface area contributed by atoms with Crippen LogP contribution < -0.4 is 4.90 Å². The largest absolute Gasteiger partial charge is 0.311 e. The van der Waals surface area contributed by atoms with Gasteiger partial charge in [-0.25, -0.2) is 4.99 Å². The maximum absolute atomic E-state index is 12.6. The Balaban J connectivity index is 1.47. The summed E-state index contributed by atoms with van der Waals surface area (Å²) >= 11 is 1.64. The summed E-state index contributed by atoms with van der Waals surface area (Å²) in [6.45, 7) is 0.792. The lowest BCUT2D eigenvalue weighted by molar-refractivity contribution is -0.116. The van der Waals surface area contributed by atoms with Crippen LogP contribution in [0, 0.1) is 0 Å². The number of amides is 1. The first kappa shape index (κ1) is 13.6. The number of carbonyl (C=O) groups is 1. The molecule has 110 valence electrons. The highest BCUT2D eigenvalue weighted by atomic mass is 32.2. The van der Waals surface area contributed by atoms with Crippen molar-refractivity contribution >= 4 is 34.1 Å². The zero-order chi connectivity index (χ0) is 14.9. The van der Waals surface area contributed by atoms with Crippen LogP contribution in [0.3, 0.4) is 0 Å². The molecule has 2 heterocycles. The van der Waals surface area contributed by atoms with Crippen molar-refractivity contribution in [2.75, 3.05) is 11.4 Å². The van der Waals surface area contributed by atoms with Crippen LogP contribution in [0.2, 0.25) is 0 Å². The van der Waals surface area contributed by atoms with E-state index in [1.165, 1.54) is 5.56 Å². The van der Waals surface area contributed by atoms with Crippen LogP contribution >= 0.6 is 11.8 Å². The van der Waals surface area contributed by atoms with E-state index in [1.807, 2.05) is 53.4 Å². The molecule has 4 heteroatoms. The number of anilines is 1. The van der Waals surface area contributed by atoms with E-state index in [9.17, 15) is 4.79 Å². The second kappa shape index (κ2) is 5.61. The Bertz CT molecular complexity index is 742. The summed E-state index contributed by atoms with van der Waals surface area (Å²) in [6, 6.07) is 18.1. The van der Waals surface area contributed by atoms with Crippen LogP contribution in [-0.4, -0.2) is 22.7 Å². The van der Waals surface area contributed by atoms with Crippen molar-refractivity contribution < 1.29 is 4.79 Å². The van der Waals surface area contributed by atoms with E-state index in [4.69, 9.17) is 0 Å². The number of carbonyl (C=O) groups excluding carboxylic acids is 1. The first-order valence-electron chi connectivity index (χ1n) is 7.50. The highest BCUT2D eigenvalue weighted by Crippen LogP contribution is 2.35. The zero-order valence-electron chi connectivity index (χ0n) is 12.1. The lowest BCUT2D eigenvalue weighted by Gasteiger charge is -2.16. The lowest BCUT2D eigenvalue weighted by Crippen LogP contribution is -2.28. The van der Waals surface area contributed by atoms with Gasteiger partial charge in [-0.3, -0.25) is 4.79 Å². The van der Waals surface area contributed by atoms with Gasteiger partial charge >= 0.3 is 0 Å². The average molecular weight is 308 g/mol. The molecule has 1 amide bonds. The molecular weight excluding hydrogens is 292 g/mol. The van der Waals surface area contributed by atoms with Crippen LogP contribution in [0.1, 0.15) is 12.0 Å². The minimum Gasteiger partial charge on any atom is -0.311 e. The number of nitrogens with zero attached hydrogens (tertiary/aromatic N) is 2. The van der Waals surface area contributed by atoms with E-state index in [1.54, 1.807) is 11.8 Å². The van der Waals surface area contributed by atoms with Crippen molar-refractivity contribution in [1.82, 2.24) is 0 Å². The topological polar surface area (TPSA) is 32.7 Å². The third-order valence-electron chi connectivity index (χ3n) is 4.08. The van der Waals surface area contributed by atoms with Crippen molar-refractivity contribution in [2.24, 2.45) is 4.99 Å². The number of rotatable bonds is 2. The third kappa shape index (κ3) is 2.44. The Labute approximate surface area is 134 Å². The SMILES string of the molecule is O=C1C(SC2=Nc3ccccc3C2)CCN1c1ccccc1. The van der Waals surface area contributed by atoms with Crippen LogP contribution in [-0.2, 0) is 11.2 Å². The molecule has 0 aliphatic carbocycles. The van der Waals surface area contributed by atoms with Gasteiger partial charge in [0, 0.05) is 18.7 Å². The molecule has 0 aromatic heterocycles. The Morgan fingerprint density at radius 1 is 1.05 bits per heavy atom. The second-order valence-corrected chi connectivity index (χ2v) is 6.81. The van der Waals surface area contributed by atoms with Crippen LogP contribution in [0.25, 0.3) is 0 Å². The van der Waals surface area contributed by atoms with Crippen molar-refractivity contribution in [3.05, 3.63) is 60.2 Å². The predicted molar refractivity (Wildman–Crippen MR) is 92.0 cm³/mol. The Kier molecular flexibility index (Phi) is 3.47. The van der Waals surface area contributed by atoms with Gasteiger partial charge < -0.3 is 4.90 Å². The summed E-state index contributed by atoms with van der Waals surface area (Å²) in [5, 5.41) is 1.06. The fourth-order valence-corrected chi connectivity index (χ4v) is 4.14. The standard InChI is InChI=1S/C18H16N2OS/c21-18-16(10-11-20(18)14-7-2-1-3-8-14)22-17-12-13-6-4-5-9-15(13)19-17/h1-9,16H,10-12H2. The normalized spacial score (nSPS) is 20.2. The molecular formula is C18H16N2OS. The third-order valence-corrected chi connectivity index (χ3v) is 5.31. The van der Waals surface area contributed by atoms with Gasteiger partial charge in [0.05, 0.1) is 16.0 Å². The molecule has 2 aliphatic rings. The molecule has 0 spiro atoms. The zero-order valence-corrected chi connectivity index (χ0v) is 12.9. The summed E-state index contributed by atoms with van der Waals surface area (Å²) < 4.78 is 0. The smallest absolute Gasteiger partial charge is 0.240 e. The van der Waals surface area contributed by atoms with E-state index in [0.29, 0.717) is 0 Å². The van der Waals surface area contributed by atoms with Gasteiger partial charge in [0.25, 0.3) is 0 Å². The van der Waals surface area contributed by atoms with Gasteiger partial charge in [0.2, 0.25) is 5.91 Å². The van der Waals surface area contributed by atoms with Gasteiger partial charge in [-0.2, -0.15) is 0 Å². The number of hydrogen-bond acceptors (Lipinski definition) is 3. The minimum atomic E-state index is -0.00623. The quantitative estimate of drug-likeness (QED) is 0.845. The number of hydrogen-bond donors (Lipinski definition) is 0. The Morgan fingerprint density at radius 2 is 1.82 bits per heavy atom. The highest BCUT2D eigenvalue weighted by Gasteiger charge is 2.34. The number of fused-ring (bicyclic) bond motifs is 1. The molecule has 0 N–H and O–H groups in total. The van der Waals surface area contributed by atoms with E-state index < -0.39 is 0 Å². The Morgan fingerprint density at radius 3 is 2.64 bits per heavy atom. The number of thioether (sulfide) groups is 1. The molecule has 1 fully saturated rings. The molecule has 0 radical (unpaired) electrons. The first-order valence-corrected chi connectivity index (χ1v) is 8.38. The molecule has 3 nitrogen and oxygen atoms in total. The van der Waals surface area contributed by atoms with Crippen molar-refractivity contribution in [2.45, 2.75) is 18.1 Å². The molecule has 4 rings (SSSR count). The number of aliphatic imine (C=N–C) groups is 1. The molecule has 1 unspecified atom stereocenters. The van der Waals surface area contributed by atoms with Crippen LogP contribution in [0.5, 0.6) is 0 Å². The molecule has 1 atom stereocenters. The fraction of sp³-hybridized carbons (Fsp3) is 0.222. The number of para-hydroxylation sites is 2. The summed E-state index contributed by atoms with van der Waals surface area (Å²) in [5.74, 6) is 0.204. The highest BCUT2D eigenvalue weighted by molar-refractivity contribution is 8.15. The van der Waals surface area contributed by atoms with Crippen LogP contribution in [0.15, 0.2) is 59.6 Å². The second-order valence-electron chi connectivity index (χ2n) is 5.53. The summed E-state index contributed by atoms with van der Waals surface area (Å²) in [6.07, 6.45) is 1.74. The lowest BCUT2D eigenvalue weighted by atomic mass is 10.2. The molecule has 2 aromatic carbocycles. The molecule has 2 aromatic rings. The first-order chi connectivity index (χ1) is 10.8. The van der Waals surface area contributed by atoms with E-state index in [-0.39, 0.29) is 11.2 Å². The molecule has 0 bridgehead atoms. The summed E-state index contributed by atoms with van der Waals surface area (Å²) in [4.78, 5) is 19.2. The van der Waals surface area contributed by atoms with Crippen molar-refractivity contribution in [1.29, 1.82) is 0 Å². The van der Waals surface area contributed by atoms with E-state index in [0.717, 1.165) is 35.8 Å². The summed E-state index contributed by atoms with van der Waals surface area (Å²) in [7, 11) is 0. The van der Waals surface area contributed by atoms with Gasteiger partial charge in [0.1, 0.15) is 0 Å². The van der Waals surface area contributed by atoms with E-state index >= 15 is 0 Å².